The molecule has 0 aromatic carbocycles. The van der Waals surface area contributed by atoms with Gasteiger partial charge in [-0.05, 0) is 53.1 Å². The minimum atomic E-state index is -0.205. The van der Waals surface area contributed by atoms with Crippen molar-refractivity contribution in [3.63, 3.8) is 0 Å². The van der Waals surface area contributed by atoms with E-state index in [1.165, 1.54) is 12.8 Å². The topological polar surface area (TPSA) is 65.1 Å². The van der Waals surface area contributed by atoms with Gasteiger partial charge in [0.2, 0.25) is 5.91 Å². The standard InChI is InChI=1S/C19H34N4O3/c1-19(2,3)23-11-14(9-17(23)24)20-18(25)22-13-16(26-4)10-15(22)12-21-7-5-6-8-21/h14-16H,5-13H2,1-4H3,(H,20,25)/t14?,15-,16-/m0/s1. The Labute approximate surface area is 157 Å². The van der Waals surface area contributed by atoms with E-state index in [1.54, 1.807) is 7.11 Å². The maximum absolute atomic E-state index is 12.9. The number of carbonyl (C=O) groups is 2. The van der Waals surface area contributed by atoms with E-state index in [0.717, 1.165) is 26.1 Å². The summed E-state index contributed by atoms with van der Waals surface area (Å²) >= 11 is 0. The van der Waals surface area contributed by atoms with Crippen molar-refractivity contribution in [2.75, 3.05) is 39.8 Å². The molecule has 3 aliphatic rings. The summed E-state index contributed by atoms with van der Waals surface area (Å²) in [4.78, 5) is 31.4. The zero-order valence-electron chi connectivity index (χ0n) is 16.7. The first-order chi connectivity index (χ1) is 12.3. The lowest BCUT2D eigenvalue weighted by Crippen LogP contribution is -2.51. The number of nitrogens with zero attached hydrogens (tertiary/aromatic N) is 3. The molecule has 3 heterocycles. The molecule has 1 unspecified atom stereocenters. The number of hydrogen-bond acceptors (Lipinski definition) is 4. The van der Waals surface area contributed by atoms with Crippen LogP contribution >= 0.6 is 0 Å². The first-order valence-electron chi connectivity index (χ1n) is 9.90. The lowest BCUT2D eigenvalue weighted by Gasteiger charge is -2.32. The van der Waals surface area contributed by atoms with Crippen LogP contribution < -0.4 is 5.32 Å². The van der Waals surface area contributed by atoms with Crippen molar-refractivity contribution in [1.82, 2.24) is 20.0 Å². The second-order valence-corrected chi connectivity index (χ2v) is 8.93. The summed E-state index contributed by atoms with van der Waals surface area (Å²) in [6, 6.07) is 0.0273. The van der Waals surface area contributed by atoms with E-state index in [-0.39, 0.29) is 35.7 Å². The third kappa shape index (κ3) is 4.31. The van der Waals surface area contributed by atoms with Gasteiger partial charge in [0.1, 0.15) is 0 Å². The molecule has 0 saturated carbocycles. The van der Waals surface area contributed by atoms with Gasteiger partial charge in [0.15, 0.2) is 0 Å². The van der Waals surface area contributed by atoms with Gasteiger partial charge < -0.3 is 24.8 Å². The molecule has 0 aromatic rings. The summed E-state index contributed by atoms with van der Waals surface area (Å²) in [6.45, 7) is 10.5. The van der Waals surface area contributed by atoms with E-state index >= 15 is 0 Å². The molecular formula is C19H34N4O3. The summed E-state index contributed by atoms with van der Waals surface area (Å²) in [5, 5.41) is 3.10. The number of methoxy groups -OCH3 is 1. The van der Waals surface area contributed by atoms with Gasteiger partial charge in [-0.25, -0.2) is 4.79 Å². The second-order valence-electron chi connectivity index (χ2n) is 8.93. The fourth-order valence-electron chi connectivity index (χ4n) is 4.44. The molecule has 0 aliphatic carbocycles. The lowest BCUT2D eigenvalue weighted by molar-refractivity contribution is -0.131. The number of rotatable bonds is 4. The highest BCUT2D eigenvalue weighted by Crippen LogP contribution is 2.25. The van der Waals surface area contributed by atoms with Crippen LogP contribution in [0.2, 0.25) is 0 Å². The molecule has 7 heteroatoms. The van der Waals surface area contributed by atoms with Gasteiger partial charge in [-0.3, -0.25) is 4.79 Å². The van der Waals surface area contributed by atoms with Crippen LogP contribution in [0.4, 0.5) is 4.79 Å². The first-order valence-corrected chi connectivity index (χ1v) is 9.90. The molecule has 0 radical (unpaired) electrons. The predicted octanol–water partition coefficient (Wildman–Crippen LogP) is 1.28. The number of carbonyl (C=O) groups excluding carboxylic acids is 2. The van der Waals surface area contributed by atoms with E-state index in [2.05, 4.69) is 10.2 Å². The Balaban J connectivity index is 1.59. The minimum absolute atomic E-state index is 0.0534. The summed E-state index contributed by atoms with van der Waals surface area (Å²) in [6.07, 6.45) is 3.88. The molecule has 148 valence electrons. The molecule has 3 rings (SSSR count). The van der Waals surface area contributed by atoms with Gasteiger partial charge in [0, 0.05) is 44.7 Å². The van der Waals surface area contributed by atoms with Crippen molar-refractivity contribution in [3.8, 4) is 0 Å². The fourth-order valence-corrected chi connectivity index (χ4v) is 4.44. The summed E-state index contributed by atoms with van der Waals surface area (Å²) in [5.74, 6) is 0.118. The summed E-state index contributed by atoms with van der Waals surface area (Å²) < 4.78 is 5.53. The number of urea groups is 1. The Kier molecular flexibility index (Phi) is 5.77. The normalized spacial score (nSPS) is 30.5. The molecule has 3 atom stereocenters. The van der Waals surface area contributed by atoms with Gasteiger partial charge in [0.05, 0.1) is 12.1 Å². The second kappa shape index (κ2) is 7.72. The number of hydrogen-bond donors (Lipinski definition) is 1. The van der Waals surface area contributed by atoms with Crippen LogP contribution in [0.5, 0.6) is 0 Å². The third-order valence-electron chi connectivity index (χ3n) is 5.90. The maximum Gasteiger partial charge on any atom is 0.318 e. The van der Waals surface area contributed by atoms with Crippen LogP contribution in [0.1, 0.15) is 46.5 Å². The van der Waals surface area contributed by atoms with Crippen LogP contribution in [-0.2, 0) is 9.53 Å². The summed E-state index contributed by atoms with van der Waals surface area (Å²) in [7, 11) is 1.72. The molecule has 26 heavy (non-hydrogen) atoms. The number of amides is 3. The van der Waals surface area contributed by atoms with Crippen LogP contribution in [0.15, 0.2) is 0 Å². The number of nitrogens with one attached hydrogen (secondary N) is 1. The number of likely N-dealkylation sites (tertiary alicyclic amines) is 3. The van der Waals surface area contributed by atoms with E-state index in [1.807, 2.05) is 30.6 Å². The van der Waals surface area contributed by atoms with Crippen molar-refractivity contribution in [2.24, 2.45) is 0 Å². The number of ether oxygens (including phenoxy) is 1. The highest BCUT2D eigenvalue weighted by Gasteiger charge is 2.40. The predicted molar refractivity (Wildman–Crippen MR) is 100.0 cm³/mol. The Morgan fingerprint density at radius 1 is 1.23 bits per heavy atom. The Morgan fingerprint density at radius 2 is 1.92 bits per heavy atom. The molecule has 3 fully saturated rings. The smallest absolute Gasteiger partial charge is 0.318 e. The SMILES string of the molecule is CO[C@H]1C[C@@H](CN2CCCC2)N(C(=O)NC2CC(=O)N(C(C)(C)C)C2)C1. The van der Waals surface area contributed by atoms with Gasteiger partial charge in [0.25, 0.3) is 0 Å². The molecule has 1 N–H and O–H groups in total. The van der Waals surface area contributed by atoms with Crippen LogP contribution in [0, 0.1) is 0 Å². The van der Waals surface area contributed by atoms with Crippen LogP contribution in [0.25, 0.3) is 0 Å². The van der Waals surface area contributed by atoms with Crippen molar-refractivity contribution >= 4 is 11.9 Å². The summed E-state index contributed by atoms with van der Waals surface area (Å²) in [5.41, 5.74) is -0.205. The highest BCUT2D eigenvalue weighted by atomic mass is 16.5. The molecule has 3 amide bonds. The van der Waals surface area contributed by atoms with Gasteiger partial charge in [-0.1, -0.05) is 0 Å². The molecule has 0 aromatic heterocycles. The van der Waals surface area contributed by atoms with Crippen molar-refractivity contribution in [3.05, 3.63) is 0 Å². The first kappa shape index (κ1) is 19.4. The lowest BCUT2D eigenvalue weighted by atomic mass is 10.1. The van der Waals surface area contributed by atoms with Crippen molar-refractivity contribution in [2.45, 2.75) is 70.2 Å². The largest absolute Gasteiger partial charge is 0.380 e. The van der Waals surface area contributed by atoms with Crippen molar-refractivity contribution < 1.29 is 14.3 Å². The molecule has 3 saturated heterocycles. The fraction of sp³-hybridized carbons (Fsp3) is 0.895. The quantitative estimate of drug-likeness (QED) is 0.814. The Hall–Kier alpha value is -1.34. The molecule has 7 nitrogen and oxygen atoms in total. The van der Waals surface area contributed by atoms with Crippen LogP contribution in [-0.4, -0.2) is 90.2 Å². The zero-order valence-corrected chi connectivity index (χ0v) is 16.7. The van der Waals surface area contributed by atoms with Crippen LogP contribution in [0.3, 0.4) is 0 Å². The zero-order chi connectivity index (χ0) is 18.9. The molecule has 0 bridgehead atoms. The van der Waals surface area contributed by atoms with Gasteiger partial charge >= 0.3 is 6.03 Å². The maximum atomic E-state index is 12.9. The Morgan fingerprint density at radius 3 is 2.50 bits per heavy atom. The highest BCUT2D eigenvalue weighted by molar-refractivity contribution is 5.82. The molecule has 3 aliphatic heterocycles. The van der Waals surface area contributed by atoms with Crippen molar-refractivity contribution in [1.29, 1.82) is 0 Å². The monoisotopic (exact) mass is 366 g/mol. The van der Waals surface area contributed by atoms with Gasteiger partial charge in [-0.2, -0.15) is 0 Å². The average Bonchev–Trinajstić information content (AvgIpc) is 3.27. The van der Waals surface area contributed by atoms with Gasteiger partial charge in [-0.15, -0.1) is 0 Å². The molecule has 0 spiro atoms. The average molecular weight is 367 g/mol. The van der Waals surface area contributed by atoms with E-state index in [0.29, 0.717) is 19.5 Å². The minimum Gasteiger partial charge on any atom is -0.380 e. The Bertz CT molecular complexity index is 527. The van der Waals surface area contributed by atoms with E-state index < -0.39 is 0 Å². The van der Waals surface area contributed by atoms with E-state index in [4.69, 9.17) is 4.74 Å². The van der Waals surface area contributed by atoms with E-state index in [9.17, 15) is 9.59 Å². The third-order valence-corrected chi connectivity index (χ3v) is 5.90. The molecular weight excluding hydrogens is 332 g/mol.